The maximum atomic E-state index is 5.70. The molecule has 2 aliphatic heterocycles. The van der Waals surface area contributed by atoms with Crippen LogP contribution >= 0.6 is 12.2 Å². The van der Waals surface area contributed by atoms with Gasteiger partial charge in [0, 0.05) is 24.9 Å². The van der Waals surface area contributed by atoms with E-state index in [1.807, 2.05) is 0 Å². The molecule has 2 aromatic rings. The number of fused-ring (bicyclic) bond motifs is 1. The molecule has 0 unspecified atom stereocenters. The summed E-state index contributed by atoms with van der Waals surface area (Å²) in [4.78, 5) is 11.1. The minimum Gasteiger partial charge on any atom is -0.357 e. The highest BCUT2D eigenvalue weighted by Crippen LogP contribution is 2.26. The highest BCUT2D eigenvalue weighted by Gasteiger charge is 2.15. The van der Waals surface area contributed by atoms with Crippen molar-refractivity contribution in [1.82, 2.24) is 9.88 Å². The lowest BCUT2D eigenvalue weighted by atomic mass is 10.0. The first-order chi connectivity index (χ1) is 13.7. The summed E-state index contributed by atoms with van der Waals surface area (Å²) in [6, 6.07) is 8.97. The number of aromatic nitrogens is 1. The van der Waals surface area contributed by atoms with E-state index in [2.05, 4.69) is 41.0 Å². The smallest absolute Gasteiger partial charge is 0.129 e. The quantitative estimate of drug-likeness (QED) is 0.445. The Kier molecular flexibility index (Phi) is 6.58. The van der Waals surface area contributed by atoms with Gasteiger partial charge in [0.15, 0.2) is 0 Å². The molecule has 1 aromatic carbocycles. The number of aryl methyl sites for hydroxylation is 1. The third kappa shape index (κ3) is 4.90. The lowest BCUT2D eigenvalue weighted by Crippen LogP contribution is -2.20. The molecule has 28 heavy (non-hydrogen) atoms. The SMILES string of the molecule is Cc1cc(N2CCCC2)nc2ccc(CC(=S)CCCCN3CCCC3)cc12. The van der Waals surface area contributed by atoms with Gasteiger partial charge in [-0.1, -0.05) is 18.3 Å². The molecule has 3 nitrogen and oxygen atoms in total. The van der Waals surface area contributed by atoms with Crippen LogP contribution in [0.5, 0.6) is 0 Å². The minimum absolute atomic E-state index is 0.919. The molecule has 0 spiro atoms. The Balaban J connectivity index is 1.33. The summed E-state index contributed by atoms with van der Waals surface area (Å²) >= 11 is 5.70. The van der Waals surface area contributed by atoms with Gasteiger partial charge >= 0.3 is 0 Å². The van der Waals surface area contributed by atoms with E-state index in [0.717, 1.165) is 37.3 Å². The zero-order valence-corrected chi connectivity index (χ0v) is 18.1. The Morgan fingerprint density at radius 2 is 1.75 bits per heavy atom. The molecule has 4 heteroatoms. The molecule has 2 saturated heterocycles. The zero-order chi connectivity index (χ0) is 19.3. The molecule has 1 aromatic heterocycles. The first-order valence-corrected chi connectivity index (χ1v) is 11.5. The van der Waals surface area contributed by atoms with E-state index in [4.69, 9.17) is 17.2 Å². The molecule has 0 atom stereocenters. The first kappa shape index (κ1) is 19.8. The van der Waals surface area contributed by atoms with Gasteiger partial charge in [0.1, 0.15) is 5.82 Å². The van der Waals surface area contributed by atoms with Gasteiger partial charge in [0.25, 0.3) is 0 Å². The maximum Gasteiger partial charge on any atom is 0.129 e. The number of benzene rings is 1. The van der Waals surface area contributed by atoms with Crippen LogP contribution in [0.2, 0.25) is 0 Å². The minimum atomic E-state index is 0.919. The van der Waals surface area contributed by atoms with Crippen LogP contribution in [0, 0.1) is 6.92 Å². The topological polar surface area (TPSA) is 19.4 Å². The Morgan fingerprint density at radius 3 is 2.54 bits per heavy atom. The fourth-order valence-corrected chi connectivity index (χ4v) is 4.93. The Labute approximate surface area is 175 Å². The molecule has 150 valence electrons. The van der Waals surface area contributed by atoms with Gasteiger partial charge < -0.3 is 9.80 Å². The van der Waals surface area contributed by atoms with Crippen molar-refractivity contribution in [3.8, 4) is 0 Å². The van der Waals surface area contributed by atoms with Crippen LogP contribution < -0.4 is 4.90 Å². The largest absolute Gasteiger partial charge is 0.357 e. The third-order valence-electron chi connectivity index (χ3n) is 6.28. The Hall–Kier alpha value is -1.52. The molecule has 0 amide bonds. The van der Waals surface area contributed by atoms with Gasteiger partial charge in [0.2, 0.25) is 0 Å². The van der Waals surface area contributed by atoms with Crippen LogP contribution in [0.4, 0.5) is 5.82 Å². The number of pyridine rings is 1. The van der Waals surface area contributed by atoms with E-state index in [1.54, 1.807) is 0 Å². The van der Waals surface area contributed by atoms with Crippen molar-refractivity contribution in [3.05, 3.63) is 35.4 Å². The lowest BCUT2D eigenvalue weighted by Gasteiger charge is -2.18. The standard InChI is InChI=1S/C24H33N3S/c1-19-16-24(27-14-6-7-15-27)25-23-10-9-20(18-22(19)23)17-21(28)8-2-3-11-26-12-4-5-13-26/h9-10,16,18H,2-8,11-15,17H2,1H3. The van der Waals surface area contributed by atoms with Crippen LogP contribution in [-0.4, -0.2) is 47.5 Å². The van der Waals surface area contributed by atoms with Crippen molar-refractivity contribution in [1.29, 1.82) is 0 Å². The van der Waals surface area contributed by atoms with Crippen LogP contribution in [0.3, 0.4) is 0 Å². The number of thiocarbonyl (C=S) groups is 1. The predicted molar refractivity (Wildman–Crippen MR) is 124 cm³/mol. The van der Waals surface area contributed by atoms with Gasteiger partial charge in [0.05, 0.1) is 5.52 Å². The Bertz CT molecular complexity index is 820. The van der Waals surface area contributed by atoms with Crippen LogP contribution in [-0.2, 0) is 6.42 Å². The monoisotopic (exact) mass is 395 g/mol. The van der Waals surface area contributed by atoms with Gasteiger partial charge in [-0.05, 0) is 106 Å². The van der Waals surface area contributed by atoms with Crippen LogP contribution in [0.25, 0.3) is 10.9 Å². The normalized spacial score (nSPS) is 17.7. The molecule has 0 bridgehead atoms. The van der Waals surface area contributed by atoms with Crippen molar-refractivity contribution in [2.75, 3.05) is 37.6 Å². The second-order valence-corrected chi connectivity index (χ2v) is 9.14. The Morgan fingerprint density at radius 1 is 1.00 bits per heavy atom. The van der Waals surface area contributed by atoms with E-state index in [0.29, 0.717) is 0 Å². The molecule has 0 radical (unpaired) electrons. The predicted octanol–water partition coefficient (Wildman–Crippen LogP) is 5.32. The fraction of sp³-hybridized carbons (Fsp3) is 0.583. The molecule has 0 N–H and O–H groups in total. The summed E-state index contributed by atoms with van der Waals surface area (Å²) in [5.74, 6) is 1.14. The average Bonchev–Trinajstić information content (AvgIpc) is 3.39. The van der Waals surface area contributed by atoms with Crippen LogP contribution in [0.1, 0.15) is 56.1 Å². The number of anilines is 1. The lowest BCUT2D eigenvalue weighted by molar-refractivity contribution is 0.331. The average molecular weight is 396 g/mol. The second-order valence-electron chi connectivity index (χ2n) is 8.56. The summed E-state index contributed by atoms with van der Waals surface area (Å²) in [6.07, 6.45) is 9.83. The number of rotatable bonds is 8. The van der Waals surface area contributed by atoms with Crippen molar-refractivity contribution < 1.29 is 0 Å². The second kappa shape index (κ2) is 9.32. The number of nitrogens with zero attached hydrogens (tertiary/aromatic N) is 3. The zero-order valence-electron chi connectivity index (χ0n) is 17.3. The number of likely N-dealkylation sites (tertiary alicyclic amines) is 1. The van der Waals surface area contributed by atoms with Gasteiger partial charge in [-0.2, -0.15) is 0 Å². The molecular weight excluding hydrogens is 362 g/mol. The van der Waals surface area contributed by atoms with E-state index >= 15 is 0 Å². The highest BCUT2D eigenvalue weighted by atomic mass is 32.1. The van der Waals surface area contributed by atoms with Gasteiger partial charge in [-0.15, -0.1) is 0 Å². The van der Waals surface area contributed by atoms with E-state index < -0.39 is 0 Å². The van der Waals surface area contributed by atoms with E-state index in [-0.39, 0.29) is 0 Å². The molecule has 3 heterocycles. The van der Waals surface area contributed by atoms with Crippen molar-refractivity contribution >= 4 is 33.8 Å². The summed E-state index contributed by atoms with van der Waals surface area (Å²) in [6.45, 7) is 8.35. The van der Waals surface area contributed by atoms with Gasteiger partial charge in [-0.25, -0.2) is 4.98 Å². The molecule has 0 aliphatic carbocycles. The van der Waals surface area contributed by atoms with Crippen LogP contribution in [0.15, 0.2) is 24.3 Å². The third-order valence-corrected chi connectivity index (χ3v) is 6.62. The molecular formula is C24H33N3S. The molecule has 0 saturated carbocycles. The van der Waals surface area contributed by atoms with Gasteiger partial charge in [-0.3, -0.25) is 0 Å². The summed E-state index contributed by atoms with van der Waals surface area (Å²) in [5.41, 5.74) is 3.77. The van der Waals surface area contributed by atoms with Crippen molar-refractivity contribution in [2.45, 2.75) is 58.3 Å². The molecule has 4 rings (SSSR count). The van der Waals surface area contributed by atoms with Crippen molar-refractivity contribution in [3.63, 3.8) is 0 Å². The number of unbranched alkanes of at least 4 members (excludes halogenated alkanes) is 1. The first-order valence-electron chi connectivity index (χ1n) is 11.1. The number of hydrogen-bond donors (Lipinski definition) is 0. The summed E-state index contributed by atoms with van der Waals surface area (Å²) in [5, 5.41) is 1.28. The van der Waals surface area contributed by atoms with E-state index in [1.165, 1.54) is 79.5 Å². The maximum absolute atomic E-state index is 5.70. The van der Waals surface area contributed by atoms with Crippen molar-refractivity contribution in [2.24, 2.45) is 0 Å². The summed E-state index contributed by atoms with van der Waals surface area (Å²) in [7, 11) is 0. The fourth-order valence-electron chi connectivity index (χ4n) is 4.62. The highest BCUT2D eigenvalue weighted by molar-refractivity contribution is 7.80. The van der Waals surface area contributed by atoms with E-state index in [9.17, 15) is 0 Å². The molecule has 2 aliphatic rings. The number of hydrogen-bond acceptors (Lipinski definition) is 4. The molecule has 2 fully saturated rings. The summed E-state index contributed by atoms with van der Waals surface area (Å²) < 4.78 is 0.